The lowest BCUT2D eigenvalue weighted by Gasteiger charge is -1.96. The molecule has 0 radical (unpaired) electrons. The van der Waals surface area contributed by atoms with E-state index >= 15 is 0 Å². The van der Waals surface area contributed by atoms with Crippen LogP contribution in [0.25, 0.3) is 0 Å². The number of tetrazole rings is 1. The van der Waals surface area contributed by atoms with Crippen molar-refractivity contribution in [2.24, 2.45) is 0 Å². The number of aromatic nitrogens is 5. The van der Waals surface area contributed by atoms with Crippen molar-refractivity contribution >= 4 is 23.6 Å². The third-order valence-corrected chi connectivity index (χ3v) is 2.54. The van der Waals surface area contributed by atoms with Crippen LogP contribution in [0, 0.1) is 4.77 Å². The molecule has 0 fully saturated rings. The molecule has 1 N–H and O–H groups in total. The predicted molar refractivity (Wildman–Crippen MR) is 51.0 cm³/mol. The molecule has 68 valence electrons. The van der Waals surface area contributed by atoms with Gasteiger partial charge >= 0.3 is 0 Å². The maximum absolute atomic E-state index is 4.92. The van der Waals surface area contributed by atoms with Gasteiger partial charge in [-0.1, -0.05) is 10.3 Å². The molecule has 2 aromatic rings. The number of nitrogens with one attached hydrogen (secondary N) is 1. The van der Waals surface area contributed by atoms with Gasteiger partial charge in [-0.3, -0.25) is 0 Å². The van der Waals surface area contributed by atoms with Crippen molar-refractivity contribution in [2.75, 3.05) is 0 Å². The fourth-order valence-electron chi connectivity index (χ4n) is 0.949. The van der Waals surface area contributed by atoms with Gasteiger partial charge in [0, 0.05) is 18.3 Å². The molecule has 0 unspecified atom stereocenters. The summed E-state index contributed by atoms with van der Waals surface area (Å²) >= 11 is 6.51. The van der Waals surface area contributed by atoms with Crippen molar-refractivity contribution < 1.29 is 0 Å². The Hall–Kier alpha value is -1.08. The first-order valence-corrected chi connectivity index (χ1v) is 5.06. The third-order valence-electron chi connectivity index (χ3n) is 1.61. The van der Waals surface area contributed by atoms with E-state index in [9.17, 15) is 0 Å². The lowest BCUT2D eigenvalue weighted by molar-refractivity contribution is 0.579. The summed E-state index contributed by atoms with van der Waals surface area (Å²) in [5.74, 6) is 0. The minimum Gasteiger partial charge on any atom is -0.250 e. The van der Waals surface area contributed by atoms with Gasteiger partial charge in [0.2, 0.25) is 4.77 Å². The van der Waals surface area contributed by atoms with Crippen molar-refractivity contribution in [3.63, 3.8) is 0 Å². The number of aryl methyl sites for hydroxylation is 2. The first-order valence-electron chi connectivity index (χ1n) is 3.71. The summed E-state index contributed by atoms with van der Waals surface area (Å²) < 4.78 is 2.20. The molecule has 0 saturated heterocycles. The summed E-state index contributed by atoms with van der Waals surface area (Å²) in [4.78, 5) is 4.16. The van der Waals surface area contributed by atoms with E-state index in [0.717, 1.165) is 18.7 Å². The molecular formula is C6H7N5S2. The van der Waals surface area contributed by atoms with E-state index < -0.39 is 0 Å². The zero-order chi connectivity index (χ0) is 9.10. The van der Waals surface area contributed by atoms with E-state index in [-0.39, 0.29) is 0 Å². The SMILES string of the molecule is S=c1nn[nH]n1CCc1cscn1. The minimum atomic E-state index is 0.482. The molecule has 0 amide bonds. The molecule has 0 atom stereocenters. The van der Waals surface area contributed by atoms with Gasteiger partial charge in [0.05, 0.1) is 11.2 Å². The zero-order valence-electron chi connectivity index (χ0n) is 6.67. The Bertz CT molecular complexity index is 414. The summed E-state index contributed by atoms with van der Waals surface area (Å²) in [6, 6.07) is 0. The number of nitrogens with zero attached hydrogens (tertiary/aromatic N) is 4. The average molecular weight is 213 g/mol. The van der Waals surface area contributed by atoms with Crippen LogP contribution in [-0.4, -0.2) is 25.2 Å². The van der Waals surface area contributed by atoms with Gasteiger partial charge in [-0.15, -0.1) is 11.3 Å². The van der Waals surface area contributed by atoms with Crippen LogP contribution in [0.15, 0.2) is 10.9 Å². The second-order valence-corrected chi connectivity index (χ2v) is 3.55. The lowest BCUT2D eigenvalue weighted by Crippen LogP contribution is -2.03. The highest BCUT2D eigenvalue weighted by Gasteiger charge is 1.98. The summed E-state index contributed by atoms with van der Waals surface area (Å²) in [6.45, 7) is 0.746. The largest absolute Gasteiger partial charge is 0.250 e. The van der Waals surface area contributed by atoms with E-state index in [0.29, 0.717) is 4.77 Å². The van der Waals surface area contributed by atoms with Crippen LogP contribution in [0.3, 0.4) is 0 Å². The van der Waals surface area contributed by atoms with Crippen molar-refractivity contribution in [3.05, 3.63) is 21.4 Å². The molecule has 0 bridgehead atoms. The summed E-state index contributed by atoms with van der Waals surface area (Å²) in [7, 11) is 0. The van der Waals surface area contributed by atoms with Crippen LogP contribution in [0.1, 0.15) is 5.69 Å². The van der Waals surface area contributed by atoms with Crippen LogP contribution in [0.5, 0.6) is 0 Å². The number of hydrogen-bond donors (Lipinski definition) is 1. The highest BCUT2D eigenvalue weighted by atomic mass is 32.1. The van der Waals surface area contributed by atoms with E-state index in [2.05, 4.69) is 20.5 Å². The van der Waals surface area contributed by atoms with Crippen LogP contribution >= 0.6 is 23.6 Å². The van der Waals surface area contributed by atoms with Gasteiger partial charge in [0.25, 0.3) is 0 Å². The predicted octanol–water partition coefficient (Wildman–Crippen LogP) is 1.03. The molecule has 0 aliphatic carbocycles. The van der Waals surface area contributed by atoms with E-state index in [4.69, 9.17) is 12.2 Å². The number of aromatic amines is 1. The summed E-state index contributed by atoms with van der Waals surface area (Å²) in [5, 5.41) is 12.0. The fraction of sp³-hybridized carbons (Fsp3) is 0.333. The molecule has 5 nitrogen and oxygen atoms in total. The van der Waals surface area contributed by atoms with Crippen LogP contribution in [-0.2, 0) is 13.0 Å². The molecule has 2 aromatic heterocycles. The van der Waals surface area contributed by atoms with Crippen LogP contribution < -0.4 is 0 Å². The molecule has 2 heterocycles. The number of hydrogen-bond acceptors (Lipinski definition) is 5. The zero-order valence-corrected chi connectivity index (χ0v) is 8.31. The minimum absolute atomic E-state index is 0.482. The summed E-state index contributed by atoms with van der Waals surface area (Å²) in [5.41, 5.74) is 2.89. The van der Waals surface area contributed by atoms with Crippen molar-refractivity contribution in [1.82, 2.24) is 25.2 Å². The molecule has 0 saturated carbocycles. The number of rotatable bonds is 3. The Morgan fingerprint density at radius 1 is 1.62 bits per heavy atom. The maximum Gasteiger partial charge on any atom is 0.238 e. The van der Waals surface area contributed by atoms with Crippen LogP contribution in [0.2, 0.25) is 0 Å². The van der Waals surface area contributed by atoms with Gasteiger partial charge in [-0.25, -0.2) is 9.67 Å². The Morgan fingerprint density at radius 2 is 2.54 bits per heavy atom. The average Bonchev–Trinajstić information content (AvgIpc) is 2.72. The van der Waals surface area contributed by atoms with E-state index in [1.165, 1.54) is 0 Å². The second-order valence-electron chi connectivity index (χ2n) is 2.46. The smallest absolute Gasteiger partial charge is 0.238 e. The molecular weight excluding hydrogens is 206 g/mol. The monoisotopic (exact) mass is 213 g/mol. The Morgan fingerprint density at radius 3 is 3.15 bits per heavy atom. The van der Waals surface area contributed by atoms with Gasteiger partial charge in [-0.05, 0) is 12.2 Å². The van der Waals surface area contributed by atoms with Gasteiger partial charge in [-0.2, -0.15) is 5.21 Å². The topological polar surface area (TPSA) is 59.4 Å². The van der Waals surface area contributed by atoms with Crippen LogP contribution in [0.4, 0.5) is 0 Å². The molecule has 13 heavy (non-hydrogen) atoms. The molecule has 0 aliphatic rings. The standard InChI is InChI=1S/C6H7N5S2/c12-6-8-9-10-11(6)2-1-5-3-13-4-7-5/h3-4H,1-2H2,(H,8,10,12). The van der Waals surface area contributed by atoms with E-state index in [1.807, 2.05) is 10.9 Å². The quantitative estimate of drug-likeness (QED) is 0.774. The first kappa shape index (κ1) is 8.52. The maximum atomic E-state index is 4.92. The van der Waals surface area contributed by atoms with Crippen molar-refractivity contribution in [2.45, 2.75) is 13.0 Å². The number of thiazole rings is 1. The first-order chi connectivity index (χ1) is 6.36. The normalized spacial score (nSPS) is 10.5. The third kappa shape index (κ3) is 1.99. The molecule has 0 spiro atoms. The van der Waals surface area contributed by atoms with Crippen molar-refractivity contribution in [3.8, 4) is 0 Å². The highest BCUT2D eigenvalue weighted by Crippen LogP contribution is 2.02. The summed E-state index contributed by atoms with van der Waals surface area (Å²) in [6.07, 6.45) is 0.849. The lowest BCUT2D eigenvalue weighted by atomic mass is 10.3. The number of H-pyrrole nitrogens is 1. The Balaban J connectivity index is 2.01. The van der Waals surface area contributed by atoms with Gasteiger partial charge in [0.15, 0.2) is 0 Å². The second kappa shape index (κ2) is 3.75. The van der Waals surface area contributed by atoms with Crippen molar-refractivity contribution in [1.29, 1.82) is 0 Å². The Labute approximate surface area is 83.4 Å². The fourth-order valence-corrected chi connectivity index (χ4v) is 1.71. The molecule has 7 heteroatoms. The highest BCUT2D eigenvalue weighted by molar-refractivity contribution is 7.71. The van der Waals surface area contributed by atoms with Gasteiger partial charge < -0.3 is 0 Å². The van der Waals surface area contributed by atoms with E-state index in [1.54, 1.807) is 16.0 Å². The molecule has 2 rings (SSSR count). The Kier molecular flexibility index (Phi) is 2.46. The van der Waals surface area contributed by atoms with Gasteiger partial charge in [0.1, 0.15) is 0 Å². The molecule has 0 aliphatic heterocycles. The molecule has 0 aromatic carbocycles.